The van der Waals surface area contributed by atoms with E-state index in [1.165, 1.54) is 22.3 Å². The Morgan fingerprint density at radius 3 is 2.28 bits per heavy atom. The molecule has 0 aromatic heterocycles. The van der Waals surface area contributed by atoms with Crippen LogP contribution in [0.25, 0.3) is 0 Å². The molecule has 1 aromatic carbocycles. The largest absolute Gasteiger partial charge is 0.324 e. The lowest BCUT2D eigenvalue weighted by molar-refractivity contribution is -0.104. The van der Waals surface area contributed by atoms with Gasteiger partial charge in [-0.2, -0.15) is 0 Å². The van der Waals surface area contributed by atoms with Crippen molar-refractivity contribution in [3.8, 4) is 0 Å². The topological polar surface area (TPSA) is 32.3 Å². The first-order valence-corrected chi connectivity index (χ1v) is 8.48. The first kappa shape index (κ1) is 20.7. The molecule has 25 heavy (non-hydrogen) atoms. The number of aryl methyl sites for hydroxylation is 2. The van der Waals surface area contributed by atoms with Gasteiger partial charge >= 0.3 is 0 Å². The Hall–Kier alpha value is -2.39. The van der Waals surface area contributed by atoms with Crippen molar-refractivity contribution in [2.45, 2.75) is 41.2 Å². The molecule has 0 heterocycles. The Bertz CT molecular complexity index is 676. The third kappa shape index (κ3) is 5.87. The van der Waals surface area contributed by atoms with Gasteiger partial charge in [-0.1, -0.05) is 43.0 Å². The highest BCUT2D eigenvalue weighted by Gasteiger charge is 2.10. The molecule has 1 N–H and O–H groups in total. The molecule has 0 bridgehead atoms. The number of benzene rings is 1. The van der Waals surface area contributed by atoms with E-state index in [0.717, 1.165) is 24.2 Å². The van der Waals surface area contributed by atoms with Gasteiger partial charge in [0, 0.05) is 36.3 Å². The fourth-order valence-electron chi connectivity index (χ4n) is 2.49. The maximum absolute atomic E-state index is 11.1. The van der Waals surface area contributed by atoms with Crippen LogP contribution < -0.4 is 5.32 Å². The van der Waals surface area contributed by atoms with Gasteiger partial charge in [0.15, 0.2) is 6.29 Å². The Balaban J connectivity index is 2.89. The van der Waals surface area contributed by atoms with E-state index in [9.17, 15) is 4.79 Å². The Morgan fingerprint density at radius 1 is 1.20 bits per heavy atom. The second-order valence-electron chi connectivity index (χ2n) is 6.45. The van der Waals surface area contributed by atoms with Gasteiger partial charge in [-0.15, -0.1) is 0 Å². The predicted molar refractivity (Wildman–Crippen MR) is 107 cm³/mol. The van der Waals surface area contributed by atoms with E-state index in [4.69, 9.17) is 0 Å². The van der Waals surface area contributed by atoms with E-state index in [1.807, 2.05) is 25.7 Å². The molecule has 134 valence electrons. The zero-order valence-electron chi connectivity index (χ0n) is 16.1. The lowest BCUT2D eigenvalue weighted by Crippen LogP contribution is -2.26. The normalized spacial score (nSPS) is 11.0. The summed E-state index contributed by atoms with van der Waals surface area (Å²) in [4.78, 5) is 13.1. The standard InChI is InChI=1S/C22H30N2O/c1-8-21(15-25)14-24(20(7)16(2)3)19(6)12-23-13-22-17(4)10-9-11-18(22)5/h8-11,14-15,23H,1,6,12-13H2,2-5,7H3/b21-14+. The SMILES string of the molecule is C=C/C(C=O)=C\N(C(=C)CNCc1c(C)cccc1C)C(C)=C(C)C. The minimum atomic E-state index is 0.525. The van der Waals surface area contributed by atoms with Crippen molar-refractivity contribution in [3.63, 3.8) is 0 Å². The monoisotopic (exact) mass is 338 g/mol. The molecule has 0 spiro atoms. The Kier molecular flexibility index (Phi) is 8.09. The average Bonchev–Trinajstić information content (AvgIpc) is 2.57. The molecule has 0 fully saturated rings. The molecule has 0 saturated heterocycles. The van der Waals surface area contributed by atoms with Crippen LogP contribution in [0.1, 0.15) is 37.5 Å². The van der Waals surface area contributed by atoms with E-state index in [2.05, 4.69) is 50.5 Å². The quantitative estimate of drug-likeness (QED) is 0.399. The number of aldehydes is 1. The summed E-state index contributed by atoms with van der Waals surface area (Å²) in [6.45, 7) is 19.6. The van der Waals surface area contributed by atoms with Crippen molar-refractivity contribution in [2.24, 2.45) is 0 Å². The highest BCUT2D eigenvalue weighted by molar-refractivity contribution is 5.77. The first-order chi connectivity index (χ1) is 11.8. The maximum atomic E-state index is 11.1. The van der Waals surface area contributed by atoms with E-state index >= 15 is 0 Å². The van der Waals surface area contributed by atoms with Crippen LogP contribution in [-0.2, 0) is 11.3 Å². The highest BCUT2D eigenvalue weighted by atomic mass is 16.1. The van der Waals surface area contributed by atoms with Gasteiger partial charge in [-0.05, 0) is 51.3 Å². The summed E-state index contributed by atoms with van der Waals surface area (Å²) in [6.07, 6.45) is 4.14. The van der Waals surface area contributed by atoms with Gasteiger partial charge in [-0.3, -0.25) is 4.79 Å². The fraction of sp³-hybridized carbons (Fsp3) is 0.318. The highest BCUT2D eigenvalue weighted by Crippen LogP contribution is 2.18. The molecule has 0 saturated carbocycles. The van der Waals surface area contributed by atoms with Crippen molar-refractivity contribution < 1.29 is 4.79 Å². The zero-order chi connectivity index (χ0) is 19.0. The molecular formula is C22H30N2O. The molecule has 0 amide bonds. The number of carbonyl (C=O) groups excluding carboxylic acids is 1. The molecule has 0 aliphatic carbocycles. The fourth-order valence-corrected chi connectivity index (χ4v) is 2.49. The number of hydrogen-bond acceptors (Lipinski definition) is 3. The second kappa shape index (κ2) is 9.80. The summed E-state index contributed by atoms with van der Waals surface area (Å²) >= 11 is 0. The maximum Gasteiger partial charge on any atom is 0.151 e. The summed E-state index contributed by atoms with van der Waals surface area (Å²) < 4.78 is 0. The van der Waals surface area contributed by atoms with Gasteiger partial charge in [0.05, 0.1) is 0 Å². The van der Waals surface area contributed by atoms with Crippen LogP contribution in [0.15, 0.2) is 66.2 Å². The van der Waals surface area contributed by atoms with E-state index in [0.29, 0.717) is 12.1 Å². The second-order valence-corrected chi connectivity index (χ2v) is 6.45. The molecular weight excluding hydrogens is 308 g/mol. The van der Waals surface area contributed by atoms with Crippen LogP contribution in [0, 0.1) is 13.8 Å². The number of nitrogens with one attached hydrogen (secondary N) is 1. The number of allylic oxidation sites excluding steroid dienone is 4. The van der Waals surface area contributed by atoms with Gasteiger partial charge in [0.1, 0.15) is 0 Å². The van der Waals surface area contributed by atoms with Crippen LogP contribution in [0.2, 0.25) is 0 Å². The number of rotatable bonds is 9. The first-order valence-electron chi connectivity index (χ1n) is 8.48. The lowest BCUT2D eigenvalue weighted by atomic mass is 10.0. The molecule has 0 aliphatic rings. The number of carbonyl (C=O) groups is 1. The molecule has 3 heteroatoms. The van der Waals surface area contributed by atoms with Crippen LogP contribution in [0.5, 0.6) is 0 Å². The van der Waals surface area contributed by atoms with Crippen LogP contribution in [0.3, 0.4) is 0 Å². The van der Waals surface area contributed by atoms with Gasteiger partial charge in [-0.25, -0.2) is 0 Å². The summed E-state index contributed by atoms with van der Waals surface area (Å²) in [5.41, 5.74) is 7.51. The summed E-state index contributed by atoms with van der Waals surface area (Å²) in [7, 11) is 0. The Morgan fingerprint density at radius 2 is 1.80 bits per heavy atom. The van der Waals surface area contributed by atoms with Crippen molar-refractivity contribution in [1.82, 2.24) is 10.2 Å². The van der Waals surface area contributed by atoms with Crippen molar-refractivity contribution >= 4 is 6.29 Å². The van der Waals surface area contributed by atoms with Crippen LogP contribution in [0.4, 0.5) is 0 Å². The summed E-state index contributed by atoms with van der Waals surface area (Å²) in [5.74, 6) is 0. The van der Waals surface area contributed by atoms with Crippen LogP contribution >= 0.6 is 0 Å². The van der Waals surface area contributed by atoms with Gasteiger partial charge < -0.3 is 10.2 Å². The molecule has 0 aliphatic heterocycles. The summed E-state index contributed by atoms with van der Waals surface area (Å²) in [6, 6.07) is 6.33. The number of nitrogens with zero attached hydrogens (tertiary/aromatic N) is 1. The van der Waals surface area contributed by atoms with E-state index in [-0.39, 0.29) is 0 Å². The van der Waals surface area contributed by atoms with Crippen molar-refractivity contribution in [1.29, 1.82) is 0 Å². The third-order valence-electron chi connectivity index (χ3n) is 4.35. The molecule has 0 atom stereocenters. The summed E-state index contributed by atoms with van der Waals surface area (Å²) in [5, 5.41) is 3.46. The zero-order valence-corrected chi connectivity index (χ0v) is 16.1. The van der Waals surface area contributed by atoms with Crippen molar-refractivity contribution in [3.05, 3.63) is 82.9 Å². The smallest absolute Gasteiger partial charge is 0.151 e. The third-order valence-corrected chi connectivity index (χ3v) is 4.35. The minimum Gasteiger partial charge on any atom is -0.324 e. The van der Waals surface area contributed by atoms with E-state index in [1.54, 1.807) is 12.3 Å². The molecule has 1 rings (SSSR count). The number of hydrogen-bond donors (Lipinski definition) is 1. The Labute approximate surface area is 152 Å². The molecule has 0 radical (unpaired) electrons. The molecule has 3 nitrogen and oxygen atoms in total. The van der Waals surface area contributed by atoms with Gasteiger partial charge in [0.2, 0.25) is 0 Å². The molecule has 0 unspecified atom stereocenters. The lowest BCUT2D eigenvalue weighted by Gasteiger charge is -2.26. The van der Waals surface area contributed by atoms with Gasteiger partial charge in [0.25, 0.3) is 0 Å². The van der Waals surface area contributed by atoms with Crippen molar-refractivity contribution in [2.75, 3.05) is 6.54 Å². The molecule has 1 aromatic rings. The van der Waals surface area contributed by atoms with Crippen LogP contribution in [-0.4, -0.2) is 17.7 Å². The average molecular weight is 338 g/mol. The minimum absolute atomic E-state index is 0.525. The van der Waals surface area contributed by atoms with E-state index < -0.39 is 0 Å². The predicted octanol–water partition coefficient (Wildman–Crippen LogP) is 4.79.